The quantitative estimate of drug-likeness (QED) is 0.240. The van der Waals surface area contributed by atoms with Crippen LogP contribution in [0.1, 0.15) is 12.8 Å². The third kappa shape index (κ3) is 6.04. The number of nitrogens with one attached hydrogen (secondary N) is 2. The molecule has 0 unspecified atom stereocenters. The van der Waals surface area contributed by atoms with E-state index in [0.29, 0.717) is 11.6 Å². The molecule has 4 N–H and O–H groups in total. The zero-order valence-electron chi connectivity index (χ0n) is 22.7. The molecule has 0 aliphatic carbocycles. The lowest BCUT2D eigenvalue weighted by atomic mass is 9.94. The number of benzene rings is 2. The van der Waals surface area contributed by atoms with E-state index in [2.05, 4.69) is 37.7 Å². The largest absolute Gasteiger partial charge is 0.369 e. The Morgan fingerprint density at radius 1 is 0.927 bits per heavy atom. The van der Waals surface area contributed by atoms with E-state index in [0.717, 1.165) is 52.1 Å². The van der Waals surface area contributed by atoms with Gasteiger partial charge in [0.15, 0.2) is 0 Å². The predicted molar refractivity (Wildman–Crippen MR) is 160 cm³/mol. The number of primary sulfonamides is 1. The average Bonchev–Trinajstić information content (AvgIpc) is 3.65. The fourth-order valence-corrected chi connectivity index (χ4v) is 5.62. The molecule has 4 heterocycles. The van der Waals surface area contributed by atoms with Gasteiger partial charge < -0.3 is 15.5 Å². The van der Waals surface area contributed by atoms with Gasteiger partial charge in [0.1, 0.15) is 5.82 Å². The van der Waals surface area contributed by atoms with Crippen molar-refractivity contribution in [1.82, 2.24) is 29.6 Å². The Hall–Kier alpha value is -4.39. The molecule has 0 radical (unpaired) electrons. The van der Waals surface area contributed by atoms with Crippen LogP contribution in [0.15, 0.2) is 78.2 Å². The second-order valence-corrected chi connectivity index (χ2v) is 11.7. The van der Waals surface area contributed by atoms with Crippen LogP contribution >= 0.6 is 0 Å². The number of fused-ring (bicyclic) bond motifs is 1. The highest BCUT2D eigenvalue weighted by molar-refractivity contribution is 7.89. The Labute approximate surface area is 238 Å². The second kappa shape index (κ2) is 11.2. The zero-order valence-corrected chi connectivity index (χ0v) is 23.5. The average molecular weight is 570 g/mol. The fourth-order valence-electron chi connectivity index (χ4n) is 5.10. The standard InChI is InChI=1S/C29H31N9O2S/c1-37-19-22(18-34-37)25-10-4-21-17-33-29(35-23-6-8-24(9-7-23)41(30,39)40)36-28(21)27(25)20-5-11-26(32-16-20)31-12-15-38-13-2-3-14-38/h4-11,16-19H,2-3,12-15H2,1H3,(H,31,32)(H2,30,39,40)(H,33,35,36). The first-order chi connectivity index (χ1) is 19.8. The number of aryl methyl sites for hydroxylation is 1. The molecule has 5 aromatic rings. The van der Waals surface area contributed by atoms with Crippen LogP contribution in [-0.2, 0) is 17.1 Å². The van der Waals surface area contributed by atoms with E-state index < -0.39 is 10.0 Å². The van der Waals surface area contributed by atoms with E-state index in [1.165, 1.54) is 38.1 Å². The molecule has 1 aliphatic heterocycles. The van der Waals surface area contributed by atoms with Crippen molar-refractivity contribution in [3.05, 3.63) is 73.3 Å². The third-order valence-corrected chi connectivity index (χ3v) is 8.12. The van der Waals surface area contributed by atoms with E-state index in [-0.39, 0.29) is 4.90 Å². The van der Waals surface area contributed by atoms with Crippen molar-refractivity contribution in [2.45, 2.75) is 17.7 Å². The van der Waals surface area contributed by atoms with Crippen LogP contribution in [0.25, 0.3) is 33.2 Å². The summed E-state index contributed by atoms with van der Waals surface area (Å²) < 4.78 is 25.0. The SMILES string of the molecule is Cn1cc(-c2ccc3cnc(Nc4ccc(S(N)(=O)=O)cc4)nc3c2-c2ccc(NCCN3CCCC3)nc2)cn1. The lowest BCUT2D eigenvalue weighted by molar-refractivity contribution is 0.352. The number of nitrogens with two attached hydrogens (primary N) is 1. The lowest BCUT2D eigenvalue weighted by Crippen LogP contribution is -2.26. The highest BCUT2D eigenvalue weighted by atomic mass is 32.2. The van der Waals surface area contributed by atoms with Gasteiger partial charge in [-0.1, -0.05) is 12.1 Å². The van der Waals surface area contributed by atoms with Gasteiger partial charge in [0.2, 0.25) is 16.0 Å². The number of nitrogens with zero attached hydrogens (tertiary/aromatic N) is 6. The first-order valence-corrected chi connectivity index (χ1v) is 15.0. The maximum absolute atomic E-state index is 11.6. The van der Waals surface area contributed by atoms with E-state index in [4.69, 9.17) is 15.1 Å². The number of pyridine rings is 1. The summed E-state index contributed by atoms with van der Waals surface area (Å²) in [6.07, 6.45) is 10.0. The predicted octanol–water partition coefficient (Wildman–Crippen LogP) is 3.99. The van der Waals surface area contributed by atoms with Crippen LogP contribution in [0.3, 0.4) is 0 Å². The Morgan fingerprint density at radius 3 is 2.41 bits per heavy atom. The number of aromatic nitrogens is 5. The van der Waals surface area contributed by atoms with Gasteiger partial charge in [0.25, 0.3) is 0 Å². The number of anilines is 3. The molecule has 1 saturated heterocycles. The molecular formula is C29H31N9O2S. The maximum Gasteiger partial charge on any atom is 0.238 e. The van der Waals surface area contributed by atoms with Gasteiger partial charge in [0.05, 0.1) is 16.6 Å². The summed E-state index contributed by atoms with van der Waals surface area (Å²) in [5, 5.41) is 17.1. The minimum absolute atomic E-state index is 0.0346. The Morgan fingerprint density at radius 2 is 1.73 bits per heavy atom. The van der Waals surface area contributed by atoms with Gasteiger partial charge in [-0.2, -0.15) is 5.10 Å². The number of likely N-dealkylation sites (tertiary alicyclic amines) is 1. The molecule has 0 amide bonds. The molecule has 3 aromatic heterocycles. The van der Waals surface area contributed by atoms with Gasteiger partial charge in [-0.15, -0.1) is 0 Å². The number of hydrogen-bond acceptors (Lipinski definition) is 9. The summed E-state index contributed by atoms with van der Waals surface area (Å²) in [5.41, 5.74) is 5.16. The Balaban J connectivity index is 1.34. The summed E-state index contributed by atoms with van der Waals surface area (Å²) in [5.74, 6) is 1.20. The smallest absolute Gasteiger partial charge is 0.238 e. The molecule has 210 valence electrons. The summed E-state index contributed by atoms with van der Waals surface area (Å²) >= 11 is 0. The fraction of sp³-hybridized carbons (Fsp3) is 0.241. The summed E-state index contributed by atoms with van der Waals surface area (Å²) in [7, 11) is -1.89. The molecule has 12 heteroatoms. The van der Waals surface area contributed by atoms with E-state index in [1.54, 1.807) is 23.0 Å². The van der Waals surface area contributed by atoms with Crippen molar-refractivity contribution in [2.24, 2.45) is 12.2 Å². The van der Waals surface area contributed by atoms with Crippen molar-refractivity contribution < 1.29 is 8.42 Å². The van der Waals surface area contributed by atoms with Crippen molar-refractivity contribution in [1.29, 1.82) is 0 Å². The first kappa shape index (κ1) is 26.8. The molecule has 2 aromatic carbocycles. The monoisotopic (exact) mass is 569 g/mol. The van der Waals surface area contributed by atoms with Crippen molar-refractivity contribution in [3.63, 3.8) is 0 Å². The number of rotatable bonds is 9. The van der Waals surface area contributed by atoms with E-state index in [1.807, 2.05) is 37.8 Å². The Kier molecular flexibility index (Phi) is 7.35. The highest BCUT2D eigenvalue weighted by Gasteiger charge is 2.17. The first-order valence-electron chi connectivity index (χ1n) is 13.4. The maximum atomic E-state index is 11.6. The van der Waals surface area contributed by atoms with Crippen LogP contribution in [0.2, 0.25) is 0 Å². The van der Waals surface area contributed by atoms with Gasteiger partial charge in [-0.25, -0.2) is 28.5 Å². The molecule has 1 aliphatic rings. The van der Waals surface area contributed by atoms with E-state index in [9.17, 15) is 8.42 Å². The molecule has 0 saturated carbocycles. The van der Waals surface area contributed by atoms with Crippen LogP contribution in [0.5, 0.6) is 0 Å². The third-order valence-electron chi connectivity index (χ3n) is 7.19. The number of sulfonamides is 1. The van der Waals surface area contributed by atoms with Crippen molar-refractivity contribution >= 4 is 38.4 Å². The molecule has 41 heavy (non-hydrogen) atoms. The van der Waals surface area contributed by atoms with Crippen LogP contribution in [0, 0.1) is 0 Å². The summed E-state index contributed by atoms with van der Waals surface area (Å²) in [4.78, 5) is 16.6. The molecule has 6 rings (SSSR count). The molecule has 0 bridgehead atoms. The van der Waals surface area contributed by atoms with Gasteiger partial charge >= 0.3 is 0 Å². The lowest BCUT2D eigenvalue weighted by Gasteiger charge is -2.16. The Bertz CT molecular complexity index is 1780. The zero-order chi connectivity index (χ0) is 28.4. The summed E-state index contributed by atoms with van der Waals surface area (Å²) in [6.45, 7) is 4.20. The molecule has 0 atom stereocenters. The van der Waals surface area contributed by atoms with Crippen molar-refractivity contribution in [2.75, 3.05) is 36.8 Å². The highest BCUT2D eigenvalue weighted by Crippen LogP contribution is 2.37. The van der Waals surface area contributed by atoms with Gasteiger partial charge in [0, 0.05) is 66.5 Å². The van der Waals surface area contributed by atoms with Gasteiger partial charge in [-0.05, 0) is 67.9 Å². The molecular weight excluding hydrogens is 538 g/mol. The van der Waals surface area contributed by atoms with Crippen molar-refractivity contribution in [3.8, 4) is 22.3 Å². The topological polar surface area (TPSA) is 144 Å². The molecule has 0 spiro atoms. The molecule has 11 nitrogen and oxygen atoms in total. The summed E-state index contributed by atoms with van der Waals surface area (Å²) in [6, 6.07) is 14.2. The van der Waals surface area contributed by atoms with Crippen LogP contribution < -0.4 is 15.8 Å². The number of hydrogen-bond donors (Lipinski definition) is 3. The second-order valence-electron chi connectivity index (χ2n) is 10.1. The van der Waals surface area contributed by atoms with Gasteiger partial charge in [-0.3, -0.25) is 4.68 Å². The minimum atomic E-state index is -3.78. The minimum Gasteiger partial charge on any atom is -0.369 e. The normalized spacial score (nSPS) is 14.0. The molecule has 1 fully saturated rings. The van der Waals surface area contributed by atoms with E-state index >= 15 is 0 Å². The van der Waals surface area contributed by atoms with Crippen LogP contribution in [-0.4, -0.2) is 64.2 Å². The van der Waals surface area contributed by atoms with Crippen LogP contribution in [0.4, 0.5) is 17.5 Å².